The van der Waals surface area contributed by atoms with Crippen molar-refractivity contribution in [1.29, 1.82) is 0 Å². The van der Waals surface area contributed by atoms with Gasteiger partial charge in [0.15, 0.2) is 0 Å². The molecule has 4 rings (SSSR count). The summed E-state index contributed by atoms with van der Waals surface area (Å²) in [5, 5.41) is 7.54. The number of carbonyl (C=O) groups is 1. The Kier molecular flexibility index (Phi) is 4.78. The maximum Gasteiger partial charge on any atom is 0.345 e. The van der Waals surface area contributed by atoms with Gasteiger partial charge in [-0.1, -0.05) is 36.4 Å². The Bertz CT molecular complexity index is 1280. The molecule has 0 bridgehead atoms. The minimum atomic E-state index is -0.588. The lowest BCUT2D eigenvalue weighted by Crippen LogP contribution is -2.17. The van der Waals surface area contributed by atoms with Gasteiger partial charge in [-0.2, -0.15) is 0 Å². The molecule has 144 valence electrons. The summed E-state index contributed by atoms with van der Waals surface area (Å²) < 4.78 is 14.4. The number of hydrogen-bond acceptors (Lipinski definition) is 2. The van der Waals surface area contributed by atoms with E-state index in [0.717, 1.165) is 10.8 Å². The third kappa shape index (κ3) is 3.70. The molecule has 7 heteroatoms. The highest BCUT2D eigenvalue weighted by Gasteiger charge is 2.11. The summed E-state index contributed by atoms with van der Waals surface area (Å²) >= 11 is 0. The first kappa shape index (κ1) is 18.4. The number of anilines is 1. The number of fused-ring (bicyclic) bond motifs is 1. The zero-order chi connectivity index (χ0) is 20.4. The molecule has 6 nitrogen and oxygen atoms in total. The fraction of sp³-hybridized carbons (Fsp3) is 0.0455. The van der Waals surface area contributed by atoms with Crippen molar-refractivity contribution >= 4 is 28.7 Å². The van der Waals surface area contributed by atoms with Crippen molar-refractivity contribution in [3.63, 3.8) is 0 Å². The molecule has 0 aliphatic carbocycles. The second-order valence-electron chi connectivity index (χ2n) is 6.48. The summed E-state index contributed by atoms with van der Waals surface area (Å²) in [6.45, 7) is 1.70. The molecule has 2 amide bonds. The first-order valence-electron chi connectivity index (χ1n) is 8.93. The molecule has 1 heterocycles. The lowest BCUT2D eigenvalue weighted by molar-refractivity contribution is 0.259. The topological polar surface area (TPSA) is 79.2 Å². The van der Waals surface area contributed by atoms with Crippen molar-refractivity contribution in [2.75, 3.05) is 5.32 Å². The maximum atomic E-state index is 13.1. The molecule has 1 aromatic heterocycles. The summed E-state index contributed by atoms with van der Waals surface area (Å²) in [6.07, 6.45) is 1.23. The van der Waals surface area contributed by atoms with Crippen LogP contribution in [0.1, 0.15) is 11.3 Å². The van der Waals surface area contributed by atoms with Gasteiger partial charge < -0.3 is 5.32 Å². The van der Waals surface area contributed by atoms with Gasteiger partial charge in [-0.25, -0.2) is 18.9 Å². The van der Waals surface area contributed by atoms with E-state index in [1.807, 2.05) is 36.4 Å². The van der Waals surface area contributed by atoms with E-state index >= 15 is 0 Å². The third-order valence-electron chi connectivity index (χ3n) is 4.54. The summed E-state index contributed by atoms with van der Waals surface area (Å²) in [5.74, 6) is -0.392. The average molecular weight is 388 g/mol. The van der Waals surface area contributed by atoms with Crippen molar-refractivity contribution in [3.8, 4) is 5.69 Å². The molecule has 0 atom stereocenters. The van der Waals surface area contributed by atoms with Gasteiger partial charge in [0, 0.05) is 17.3 Å². The Hall–Kier alpha value is -4.00. The van der Waals surface area contributed by atoms with Crippen LogP contribution in [0.4, 0.5) is 14.9 Å². The molecule has 4 aromatic rings. The number of aryl methyl sites for hydroxylation is 1. The number of carbonyl (C=O) groups excluding carboxylic acids is 1. The quantitative estimate of drug-likeness (QED) is 0.510. The van der Waals surface area contributed by atoms with Crippen LogP contribution in [0.15, 0.2) is 76.5 Å². The van der Waals surface area contributed by atoms with E-state index in [2.05, 4.69) is 15.4 Å². The second kappa shape index (κ2) is 7.55. The Morgan fingerprint density at radius 2 is 1.79 bits per heavy atom. The average Bonchev–Trinajstić information content (AvgIpc) is 3.01. The number of amides is 2. The van der Waals surface area contributed by atoms with Crippen LogP contribution < -0.4 is 10.9 Å². The predicted molar refractivity (Wildman–Crippen MR) is 112 cm³/mol. The standard InChI is InChI=1S/C22H17FN4O2/c1-14-19(21(28)27(26-14)17-11-9-16(23)10-12-17)13-24-22(29)25-20-8-4-6-15-5-2-3-7-18(15)20/h2-13,26H,1H3,(H,25,29)/b24-13+. The van der Waals surface area contributed by atoms with Crippen LogP contribution in [0, 0.1) is 12.7 Å². The van der Waals surface area contributed by atoms with Crippen molar-refractivity contribution in [1.82, 2.24) is 9.78 Å². The molecule has 0 aliphatic rings. The monoisotopic (exact) mass is 388 g/mol. The number of rotatable bonds is 3. The van der Waals surface area contributed by atoms with Gasteiger partial charge >= 0.3 is 6.03 Å². The number of nitrogens with zero attached hydrogens (tertiary/aromatic N) is 2. The van der Waals surface area contributed by atoms with Gasteiger partial charge in [0.25, 0.3) is 5.56 Å². The zero-order valence-electron chi connectivity index (χ0n) is 15.5. The van der Waals surface area contributed by atoms with E-state index in [-0.39, 0.29) is 11.1 Å². The molecular weight excluding hydrogens is 371 g/mol. The van der Waals surface area contributed by atoms with Crippen LogP contribution in [0.5, 0.6) is 0 Å². The minimum Gasteiger partial charge on any atom is -0.305 e. The molecule has 0 spiro atoms. The van der Waals surface area contributed by atoms with Crippen molar-refractivity contribution in [3.05, 3.63) is 94.2 Å². The molecule has 29 heavy (non-hydrogen) atoms. The normalized spacial score (nSPS) is 11.2. The lowest BCUT2D eigenvalue weighted by Gasteiger charge is -2.06. The Morgan fingerprint density at radius 1 is 1.07 bits per heavy atom. The molecule has 0 fully saturated rings. The highest BCUT2D eigenvalue weighted by Crippen LogP contribution is 2.23. The minimum absolute atomic E-state index is 0.252. The lowest BCUT2D eigenvalue weighted by atomic mass is 10.1. The number of halogens is 1. The van der Waals surface area contributed by atoms with Gasteiger partial charge in [0.1, 0.15) is 5.82 Å². The number of H-pyrrole nitrogens is 1. The molecule has 2 N–H and O–H groups in total. The van der Waals surface area contributed by atoms with Crippen LogP contribution in [0.3, 0.4) is 0 Å². The van der Waals surface area contributed by atoms with Gasteiger partial charge in [0.05, 0.1) is 16.9 Å². The van der Waals surface area contributed by atoms with E-state index in [0.29, 0.717) is 17.1 Å². The molecule has 0 radical (unpaired) electrons. The van der Waals surface area contributed by atoms with E-state index in [1.165, 1.54) is 35.2 Å². The smallest absolute Gasteiger partial charge is 0.305 e. The number of aromatic nitrogens is 2. The van der Waals surface area contributed by atoms with Crippen LogP contribution in [-0.4, -0.2) is 22.0 Å². The summed E-state index contributed by atoms with van der Waals surface area (Å²) in [7, 11) is 0. The summed E-state index contributed by atoms with van der Waals surface area (Å²) in [6, 6.07) is 18.2. The maximum absolute atomic E-state index is 13.1. The number of nitrogens with one attached hydrogen (secondary N) is 2. The van der Waals surface area contributed by atoms with Crippen molar-refractivity contribution < 1.29 is 9.18 Å². The van der Waals surface area contributed by atoms with Gasteiger partial charge in [0.2, 0.25) is 0 Å². The fourth-order valence-electron chi connectivity index (χ4n) is 3.09. The Morgan fingerprint density at radius 3 is 2.59 bits per heavy atom. The SMILES string of the molecule is Cc1[nH]n(-c2ccc(F)cc2)c(=O)c1/C=N/C(=O)Nc1cccc2ccccc12. The van der Waals surface area contributed by atoms with E-state index in [4.69, 9.17) is 0 Å². The second-order valence-corrected chi connectivity index (χ2v) is 6.48. The third-order valence-corrected chi connectivity index (χ3v) is 4.54. The molecule has 0 unspecified atom stereocenters. The van der Waals surface area contributed by atoms with Gasteiger partial charge in [-0.05, 0) is 42.6 Å². The highest BCUT2D eigenvalue weighted by atomic mass is 19.1. The number of aromatic amines is 1. The first-order valence-corrected chi connectivity index (χ1v) is 8.93. The van der Waals surface area contributed by atoms with Gasteiger partial charge in [-0.3, -0.25) is 9.89 Å². The van der Waals surface area contributed by atoms with E-state index in [9.17, 15) is 14.0 Å². The van der Waals surface area contributed by atoms with Crippen LogP contribution in [0.25, 0.3) is 16.5 Å². The summed E-state index contributed by atoms with van der Waals surface area (Å²) in [4.78, 5) is 28.8. The predicted octanol–water partition coefficient (Wildman–Crippen LogP) is 4.42. The largest absolute Gasteiger partial charge is 0.345 e. The molecule has 0 saturated heterocycles. The highest BCUT2D eigenvalue weighted by molar-refractivity contribution is 6.04. The van der Waals surface area contributed by atoms with Gasteiger partial charge in [-0.15, -0.1) is 0 Å². The molecular formula is C22H17FN4O2. The van der Waals surface area contributed by atoms with Crippen LogP contribution >= 0.6 is 0 Å². The number of benzene rings is 3. The van der Waals surface area contributed by atoms with E-state index in [1.54, 1.807) is 13.0 Å². The fourth-order valence-corrected chi connectivity index (χ4v) is 3.09. The van der Waals surface area contributed by atoms with Crippen molar-refractivity contribution in [2.24, 2.45) is 4.99 Å². The molecule has 0 aliphatic heterocycles. The summed E-state index contributed by atoms with van der Waals surface area (Å²) in [5.41, 5.74) is 1.54. The number of urea groups is 1. The van der Waals surface area contributed by atoms with Crippen LogP contribution in [-0.2, 0) is 0 Å². The number of hydrogen-bond donors (Lipinski definition) is 2. The van der Waals surface area contributed by atoms with Crippen molar-refractivity contribution in [2.45, 2.75) is 6.92 Å². The first-order chi connectivity index (χ1) is 14.0. The zero-order valence-corrected chi connectivity index (χ0v) is 15.5. The molecule has 3 aromatic carbocycles. The van der Waals surface area contributed by atoms with E-state index < -0.39 is 11.8 Å². The Labute approximate surface area is 165 Å². The number of aliphatic imine (C=N–C) groups is 1. The molecule has 0 saturated carbocycles. The Balaban J connectivity index is 1.58. The van der Waals surface area contributed by atoms with Crippen LogP contribution in [0.2, 0.25) is 0 Å².